The fourth-order valence-electron chi connectivity index (χ4n) is 0.930. The number of carbonyl (C=O) groups excluding carboxylic acids is 1. The van der Waals surface area contributed by atoms with E-state index in [-0.39, 0.29) is 0 Å². The molecule has 0 atom stereocenters. The van der Waals surface area contributed by atoms with Crippen molar-refractivity contribution in [3.05, 3.63) is 24.0 Å². The summed E-state index contributed by atoms with van der Waals surface area (Å²) in [6.45, 7) is 4.06. The van der Waals surface area contributed by atoms with Crippen molar-refractivity contribution < 1.29 is 4.79 Å². The van der Waals surface area contributed by atoms with E-state index in [0.717, 1.165) is 0 Å². The largest absolute Gasteiger partial charge is 0.342 e. The van der Waals surface area contributed by atoms with Crippen LogP contribution in [0.25, 0.3) is 0 Å². The van der Waals surface area contributed by atoms with Gasteiger partial charge in [0.05, 0.1) is 5.69 Å². The maximum absolute atomic E-state index is 10.2. The lowest BCUT2D eigenvalue weighted by molar-refractivity contribution is 0.547. The lowest BCUT2D eigenvalue weighted by Crippen LogP contribution is -2.02. The minimum absolute atomic E-state index is 0.339. The molecule has 1 aromatic heterocycles. The third-order valence-corrected chi connectivity index (χ3v) is 1.44. The molecular weight excluding hydrogens is 126 g/mol. The molecule has 0 aliphatic carbocycles. The maximum Gasteiger partial charge on any atom is 0.251 e. The van der Waals surface area contributed by atoms with E-state index in [1.165, 1.54) is 0 Å². The van der Waals surface area contributed by atoms with Gasteiger partial charge in [0.1, 0.15) is 0 Å². The van der Waals surface area contributed by atoms with Crippen molar-refractivity contribution in [1.29, 1.82) is 0 Å². The Morgan fingerprint density at radius 1 is 1.60 bits per heavy atom. The molecule has 2 heteroatoms. The Labute approximate surface area is 60.5 Å². The van der Waals surface area contributed by atoms with Crippen LogP contribution in [0.3, 0.4) is 0 Å². The van der Waals surface area contributed by atoms with Crippen molar-refractivity contribution in [1.82, 2.24) is 4.57 Å². The van der Waals surface area contributed by atoms with E-state index in [1.54, 1.807) is 6.07 Å². The molecule has 1 heterocycles. The summed E-state index contributed by atoms with van der Waals surface area (Å²) in [4.78, 5) is 10.2. The van der Waals surface area contributed by atoms with Crippen LogP contribution in [-0.4, -0.2) is 10.9 Å². The molecule has 0 bridgehead atoms. The first-order valence-electron chi connectivity index (χ1n) is 3.30. The first-order valence-corrected chi connectivity index (χ1v) is 3.30. The van der Waals surface area contributed by atoms with Crippen LogP contribution >= 0.6 is 0 Å². The minimum Gasteiger partial charge on any atom is -0.342 e. The highest BCUT2D eigenvalue weighted by Crippen LogP contribution is 2.07. The summed E-state index contributed by atoms with van der Waals surface area (Å²) in [5.41, 5.74) is 0.620. The first kappa shape index (κ1) is 7.06. The molecule has 0 saturated carbocycles. The Balaban J connectivity index is 3.01. The molecule has 0 unspecified atom stereocenters. The highest BCUT2D eigenvalue weighted by atomic mass is 16.1. The second kappa shape index (κ2) is 2.69. The highest BCUT2D eigenvalue weighted by Gasteiger charge is 2.01. The molecule has 53 valence electrons. The predicted molar refractivity (Wildman–Crippen MR) is 39.6 cm³/mol. The van der Waals surface area contributed by atoms with E-state index in [9.17, 15) is 4.79 Å². The molecule has 0 aliphatic rings. The van der Waals surface area contributed by atoms with Crippen LogP contribution < -0.4 is 0 Å². The van der Waals surface area contributed by atoms with Gasteiger partial charge < -0.3 is 4.57 Å². The Hall–Kier alpha value is -1.05. The lowest BCUT2D eigenvalue weighted by Gasteiger charge is -2.07. The van der Waals surface area contributed by atoms with Crippen molar-refractivity contribution in [2.24, 2.45) is 0 Å². The summed E-state index contributed by atoms with van der Waals surface area (Å²) in [7, 11) is 0. The van der Waals surface area contributed by atoms with Crippen LogP contribution in [-0.2, 0) is 4.79 Å². The molecule has 0 aromatic carbocycles. The molecule has 0 spiro atoms. The van der Waals surface area contributed by atoms with E-state index < -0.39 is 0 Å². The predicted octanol–water partition coefficient (Wildman–Crippen LogP) is 1.53. The van der Waals surface area contributed by atoms with Gasteiger partial charge in [0.15, 0.2) is 0 Å². The van der Waals surface area contributed by atoms with Gasteiger partial charge in [0.2, 0.25) is 0 Å². The fraction of sp³-hybridized carbons (Fsp3) is 0.375. The molecule has 1 aromatic rings. The third-order valence-electron chi connectivity index (χ3n) is 1.44. The topological polar surface area (TPSA) is 22.0 Å². The first-order chi connectivity index (χ1) is 4.75. The van der Waals surface area contributed by atoms with Crippen molar-refractivity contribution in [2.75, 3.05) is 0 Å². The Morgan fingerprint density at radius 2 is 2.30 bits per heavy atom. The van der Waals surface area contributed by atoms with Crippen LogP contribution in [0.1, 0.15) is 25.6 Å². The summed E-state index contributed by atoms with van der Waals surface area (Å²) in [6, 6.07) is 3.94. The molecule has 0 fully saturated rings. The van der Waals surface area contributed by atoms with Crippen molar-refractivity contribution >= 4 is 6.29 Å². The zero-order chi connectivity index (χ0) is 7.56. The van der Waals surface area contributed by atoms with Crippen LogP contribution in [0.4, 0.5) is 0 Å². The lowest BCUT2D eigenvalue weighted by atomic mass is 10.3. The molecule has 1 radical (unpaired) electrons. The van der Waals surface area contributed by atoms with Crippen molar-refractivity contribution in [3.63, 3.8) is 0 Å². The average molecular weight is 136 g/mol. The van der Waals surface area contributed by atoms with Crippen LogP contribution in [0.5, 0.6) is 0 Å². The summed E-state index contributed by atoms with van der Waals surface area (Å²) < 4.78 is 1.88. The summed E-state index contributed by atoms with van der Waals surface area (Å²) in [5, 5.41) is 0. The van der Waals surface area contributed by atoms with Crippen molar-refractivity contribution in [2.45, 2.75) is 19.9 Å². The second-order valence-corrected chi connectivity index (χ2v) is 2.50. The molecule has 0 amide bonds. The third kappa shape index (κ3) is 1.10. The van der Waals surface area contributed by atoms with E-state index in [4.69, 9.17) is 0 Å². The normalized spacial score (nSPS) is 10.3. The van der Waals surface area contributed by atoms with Gasteiger partial charge in [-0.05, 0) is 26.0 Å². The van der Waals surface area contributed by atoms with Gasteiger partial charge in [-0.2, -0.15) is 0 Å². The smallest absolute Gasteiger partial charge is 0.251 e. The van der Waals surface area contributed by atoms with Gasteiger partial charge in [-0.3, -0.25) is 4.79 Å². The van der Waals surface area contributed by atoms with Crippen LogP contribution in [0.2, 0.25) is 0 Å². The van der Waals surface area contributed by atoms with E-state index in [0.29, 0.717) is 11.7 Å². The fourth-order valence-corrected chi connectivity index (χ4v) is 0.930. The van der Waals surface area contributed by atoms with E-state index in [2.05, 4.69) is 0 Å². The zero-order valence-corrected chi connectivity index (χ0v) is 6.16. The van der Waals surface area contributed by atoms with Crippen LogP contribution in [0, 0.1) is 0 Å². The van der Waals surface area contributed by atoms with Crippen molar-refractivity contribution in [3.8, 4) is 0 Å². The summed E-state index contributed by atoms with van der Waals surface area (Å²) in [6.07, 6.45) is 3.75. The number of hydrogen-bond donors (Lipinski definition) is 0. The number of rotatable bonds is 2. The quantitative estimate of drug-likeness (QED) is 0.604. The van der Waals surface area contributed by atoms with Crippen LogP contribution in [0.15, 0.2) is 18.3 Å². The molecule has 1 rings (SSSR count). The van der Waals surface area contributed by atoms with Gasteiger partial charge in [0.25, 0.3) is 6.29 Å². The average Bonchev–Trinajstić information content (AvgIpc) is 2.33. The summed E-state index contributed by atoms with van der Waals surface area (Å²) in [5.74, 6) is 0. The SMILES string of the molecule is CC(C)n1cccc1[C]=O. The number of aromatic nitrogens is 1. The van der Waals surface area contributed by atoms with Gasteiger partial charge in [-0.25, -0.2) is 0 Å². The molecule has 0 N–H and O–H groups in total. The molecule has 0 aliphatic heterocycles. The maximum atomic E-state index is 10.2. The molecule has 0 saturated heterocycles. The van der Waals surface area contributed by atoms with Gasteiger partial charge in [-0.1, -0.05) is 0 Å². The Bertz CT molecular complexity index is 225. The van der Waals surface area contributed by atoms with E-state index >= 15 is 0 Å². The monoisotopic (exact) mass is 136 g/mol. The Morgan fingerprint density at radius 3 is 2.70 bits per heavy atom. The second-order valence-electron chi connectivity index (χ2n) is 2.50. The Kier molecular flexibility index (Phi) is 1.90. The number of hydrogen-bond acceptors (Lipinski definition) is 1. The van der Waals surface area contributed by atoms with Gasteiger partial charge >= 0.3 is 0 Å². The minimum atomic E-state index is 0.339. The zero-order valence-electron chi connectivity index (χ0n) is 6.16. The molecular formula is C8H10NO. The van der Waals surface area contributed by atoms with Gasteiger partial charge in [0, 0.05) is 12.2 Å². The van der Waals surface area contributed by atoms with E-state index in [1.807, 2.05) is 37.0 Å². The summed E-state index contributed by atoms with van der Waals surface area (Å²) >= 11 is 0. The molecule has 10 heavy (non-hydrogen) atoms. The highest BCUT2D eigenvalue weighted by molar-refractivity contribution is 5.72. The molecule has 2 nitrogen and oxygen atoms in total. The number of nitrogens with zero attached hydrogens (tertiary/aromatic N) is 1. The van der Waals surface area contributed by atoms with Gasteiger partial charge in [-0.15, -0.1) is 0 Å². The standard InChI is InChI=1S/C8H10NO/c1-7(2)9-5-3-4-8(9)6-10/h3-5,7H,1-2H3.